The van der Waals surface area contributed by atoms with Crippen molar-refractivity contribution in [3.8, 4) is 0 Å². The maximum Gasteiger partial charge on any atom is 0.251 e. The first-order valence-corrected chi connectivity index (χ1v) is 6.56. The van der Waals surface area contributed by atoms with Crippen LogP contribution in [-0.4, -0.2) is 42.4 Å². The Kier molecular flexibility index (Phi) is 6.77. The number of aliphatic hydroxyl groups is 1. The Morgan fingerprint density at radius 3 is 2.95 bits per heavy atom. The number of rotatable bonds is 7. The molecule has 106 valence electrons. The lowest BCUT2D eigenvalue weighted by atomic mass is 10.1. The highest BCUT2D eigenvalue weighted by Gasteiger charge is 2.11. The molecule has 1 rings (SSSR count). The van der Waals surface area contributed by atoms with Crippen molar-refractivity contribution in [2.45, 2.75) is 25.9 Å². The molecule has 1 aromatic heterocycles. The van der Waals surface area contributed by atoms with E-state index in [1.54, 1.807) is 6.07 Å². The fourth-order valence-electron chi connectivity index (χ4n) is 1.63. The molecule has 0 aromatic carbocycles. The largest absolute Gasteiger partial charge is 0.389 e. The molecule has 0 radical (unpaired) electrons. The van der Waals surface area contributed by atoms with Crippen LogP contribution < -0.4 is 5.32 Å². The fraction of sp³-hybridized carbons (Fsp3) is 0.538. The van der Waals surface area contributed by atoms with E-state index in [-0.39, 0.29) is 19.1 Å². The van der Waals surface area contributed by atoms with Gasteiger partial charge < -0.3 is 15.2 Å². The summed E-state index contributed by atoms with van der Waals surface area (Å²) in [4.78, 5) is 16.1. The van der Waals surface area contributed by atoms with Crippen LogP contribution >= 0.6 is 11.6 Å². The Labute approximate surface area is 117 Å². The van der Waals surface area contributed by atoms with Gasteiger partial charge in [0.25, 0.3) is 5.91 Å². The third-order valence-corrected chi connectivity index (χ3v) is 2.67. The van der Waals surface area contributed by atoms with Crippen LogP contribution in [0.3, 0.4) is 0 Å². The molecule has 2 N–H and O–H groups in total. The molecule has 0 saturated heterocycles. The Balaban J connectivity index is 2.65. The number of carbonyl (C=O) groups is 1. The fourth-order valence-corrected chi connectivity index (χ4v) is 1.86. The number of hydrogen-bond donors (Lipinski definition) is 2. The summed E-state index contributed by atoms with van der Waals surface area (Å²) in [6, 6.07) is 3.23. The van der Waals surface area contributed by atoms with Gasteiger partial charge in [0.2, 0.25) is 0 Å². The van der Waals surface area contributed by atoms with Gasteiger partial charge in [-0.15, -0.1) is 0 Å². The van der Waals surface area contributed by atoms with E-state index in [0.29, 0.717) is 10.7 Å². The minimum Gasteiger partial charge on any atom is -0.389 e. The summed E-state index contributed by atoms with van der Waals surface area (Å²) < 4.78 is 4.78. The number of aromatic nitrogens is 1. The number of amides is 1. The van der Waals surface area contributed by atoms with E-state index in [1.165, 1.54) is 13.2 Å². The second-order valence-electron chi connectivity index (χ2n) is 4.24. The molecule has 0 fully saturated rings. The number of halogens is 1. The number of carbonyl (C=O) groups excluding carboxylic acids is 1. The molecular formula is C13H19ClN2O3. The molecule has 6 heteroatoms. The molecule has 0 bridgehead atoms. The van der Waals surface area contributed by atoms with E-state index in [0.717, 1.165) is 18.5 Å². The van der Waals surface area contributed by atoms with Crippen molar-refractivity contribution in [2.24, 2.45) is 0 Å². The van der Waals surface area contributed by atoms with Gasteiger partial charge in [-0.3, -0.25) is 4.79 Å². The molecule has 0 aliphatic carbocycles. The smallest absolute Gasteiger partial charge is 0.251 e. The van der Waals surface area contributed by atoms with Gasteiger partial charge in [0.15, 0.2) is 0 Å². The summed E-state index contributed by atoms with van der Waals surface area (Å²) in [5, 5.41) is 12.4. The van der Waals surface area contributed by atoms with E-state index >= 15 is 0 Å². The average molecular weight is 287 g/mol. The molecular weight excluding hydrogens is 268 g/mol. The molecule has 1 heterocycles. The van der Waals surface area contributed by atoms with Gasteiger partial charge in [-0.2, -0.15) is 0 Å². The molecule has 19 heavy (non-hydrogen) atoms. The van der Waals surface area contributed by atoms with Gasteiger partial charge in [0.05, 0.1) is 12.7 Å². The van der Waals surface area contributed by atoms with Crippen LogP contribution in [0.25, 0.3) is 0 Å². The van der Waals surface area contributed by atoms with Crippen LogP contribution in [0, 0.1) is 0 Å². The molecule has 1 aromatic rings. The number of methoxy groups -OCH3 is 1. The van der Waals surface area contributed by atoms with Crippen LogP contribution in [0.15, 0.2) is 12.1 Å². The standard InChI is InChI=1S/C13H19ClN2O3/c1-3-4-10-5-9(6-12(14)16-10)13(18)15-7-11(17)8-19-2/h5-6,11,17H,3-4,7-8H2,1-2H3,(H,15,18). The Hall–Kier alpha value is -1.17. The van der Waals surface area contributed by atoms with E-state index in [9.17, 15) is 9.90 Å². The molecule has 5 nitrogen and oxygen atoms in total. The minimum absolute atomic E-state index is 0.135. The van der Waals surface area contributed by atoms with Gasteiger partial charge in [-0.1, -0.05) is 24.9 Å². The maximum atomic E-state index is 11.9. The summed E-state index contributed by atoms with van der Waals surface area (Å²) in [6.45, 7) is 2.34. The zero-order chi connectivity index (χ0) is 14.3. The van der Waals surface area contributed by atoms with Gasteiger partial charge in [-0.25, -0.2) is 4.98 Å². The first-order valence-electron chi connectivity index (χ1n) is 6.18. The third kappa shape index (κ3) is 5.55. The van der Waals surface area contributed by atoms with Crippen molar-refractivity contribution < 1.29 is 14.6 Å². The Bertz CT molecular complexity index is 426. The van der Waals surface area contributed by atoms with Crippen molar-refractivity contribution in [3.05, 3.63) is 28.5 Å². The summed E-state index contributed by atoms with van der Waals surface area (Å²) in [7, 11) is 1.49. The van der Waals surface area contributed by atoms with E-state index in [1.807, 2.05) is 6.92 Å². The van der Waals surface area contributed by atoms with Crippen molar-refractivity contribution in [2.75, 3.05) is 20.3 Å². The zero-order valence-corrected chi connectivity index (χ0v) is 11.9. The molecule has 0 aliphatic rings. The van der Waals surface area contributed by atoms with Crippen molar-refractivity contribution in [1.29, 1.82) is 0 Å². The number of ether oxygens (including phenoxy) is 1. The van der Waals surface area contributed by atoms with Gasteiger partial charge >= 0.3 is 0 Å². The summed E-state index contributed by atoms with van der Waals surface area (Å²) >= 11 is 5.88. The lowest BCUT2D eigenvalue weighted by molar-refractivity contribution is 0.0610. The second-order valence-corrected chi connectivity index (χ2v) is 4.63. The maximum absolute atomic E-state index is 11.9. The molecule has 0 aliphatic heterocycles. The van der Waals surface area contributed by atoms with Crippen LogP contribution in [0.2, 0.25) is 5.15 Å². The lowest BCUT2D eigenvalue weighted by Crippen LogP contribution is -2.34. The molecule has 1 amide bonds. The second kappa shape index (κ2) is 8.09. The van der Waals surface area contributed by atoms with Crippen molar-refractivity contribution in [3.63, 3.8) is 0 Å². The topological polar surface area (TPSA) is 71.5 Å². The Morgan fingerprint density at radius 1 is 1.58 bits per heavy atom. The number of hydrogen-bond acceptors (Lipinski definition) is 4. The van der Waals surface area contributed by atoms with E-state index in [2.05, 4.69) is 10.3 Å². The monoisotopic (exact) mass is 286 g/mol. The van der Waals surface area contributed by atoms with Crippen LogP contribution in [0.1, 0.15) is 29.4 Å². The zero-order valence-electron chi connectivity index (χ0n) is 11.1. The predicted molar refractivity (Wildman–Crippen MR) is 73.5 cm³/mol. The number of pyridine rings is 1. The lowest BCUT2D eigenvalue weighted by Gasteiger charge is -2.11. The average Bonchev–Trinajstić information content (AvgIpc) is 2.36. The van der Waals surface area contributed by atoms with Crippen molar-refractivity contribution in [1.82, 2.24) is 10.3 Å². The Morgan fingerprint density at radius 2 is 2.32 bits per heavy atom. The quantitative estimate of drug-likeness (QED) is 0.744. The van der Waals surface area contributed by atoms with Gasteiger partial charge in [0.1, 0.15) is 5.15 Å². The highest BCUT2D eigenvalue weighted by Crippen LogP contribution is 2.12. The van der Waals surface area contributed by atoms with Crippen molar-refractivity contribution >= 4 is 17.5 Å². The highest BCUT2D eigenvalue weighted by molar-refractivity contribution is 6.29. The molecule has 1 atom stereocenters. The van der Waals surface area contributed by atoms with Gasteiger partial charge in [-0.05, 0) is 18.6 Å². The van der Waals surface area contributed by atoms with Gasteiger partial charge in [0, 0.05) is 24.9 Å². The number of aliphatic hydroxyl groups excluding tert-OH is 1. The number of nitrogens with one attached hydrogen (secondary N) is 1. The summed E-state index contributed by atoms with van der Waals surface area (Å²) in [6.07, 6.45) is 0.982. The molecule has 0 saturated carbocycles. The number of nitrogens with zero attached hydrogens (tertiary/aromatic N) is 1. The highest BCUT2D eigenvalue weighted by atomic mass is 35.5. The molecule has 1 unspecified atom stereocenters. The summed E-state index contributed by atoms with van der Waals surface area (Å²) in [5.41, 5.74) is 1.24. The SMILES string of the molecule is CCCc1cc(C(=O)NCC(O)COC)cc(Cl)n1. The van der Waals surface area contributed by atoms with Crippen LogP contribution in [0.4, 0.5) is 0 Å². The normalized spacial score (nSPS) is 12.2. The first kappa shape index (κ1) is 15.9. The summed E-state index contributed by atoms with van der Waals surface area (Å²) in [5.74, 6) is -0.281. The predicted octanol–water partition coefficient (Wildman–Crippen LogP) is 1.42. The van der Waals surface area contributed by atoms with Crippen LogP contribution in [0.5, 0.6) is 0 Å². The van der Waals surface area contributed by atoms with E-state index in [4.69, 9.17) is 16.3 Å². The first-order chi connectivity index (χ1) is 9.06. The number of aryl methyl sites for hydroxylation is 1. The van der Waals surface area contributed by atoms with E-state index < -0.39 is 6.10 Å². The molecule has 0 spiro atoms. The van der Waals surface area contributed by atoms with Crippen LogP contribution in [-0.2, 0) is 11.2 Å². The third-order valence-electron chi connectivity index (χ3n) is 2.47. The minimum atomic E-state index is -0.721.